The molecular weight excluding hydrogens is 453 g/mol. The van der Waals surface area contributed by atoms with Crippen molar-refractivity contribution in [3.05, 3.63) is 52.1 Å². The molecule has 9 nitrogen and oxygen atoms in total. The Bertz CT molecular complexity index is 1200. The number of hydrogen-bond acceptors (Lipinski definition) is 5. The average Bonchev–Trinajstić information content (AvgIpc) is 3.27. The predicted molar refractivity (Wildman–Crippen MR) is 130 cm³/mol. The molecule has 0 bridgehead atoms. The quantitative estimate of drug-likeness (QED) is 0.465. The summed E-state index contributed by atoms with van der Waals surface area (Å²) in [5, 5.41) is 15.7. The van der Waals surface area contributed by atoms with Gasteiger partial charge in [-0.1, -0.05) is 0 Å². The monoisotopic (exact) mass is 483 g/mol. The molecule has 1 saturated heterocycles. The van der Waals surface area contributed by atoms with Crippen LogP contribution in [0.3, 0.4) is 0 Å². The van der Waals surface area contributed by atoms with E-state index in [0.29, 0.717) is 52.4 Å². The summed E-state index contributed by atoms with van der Waals surface area (Å²) in [5.41, 5.74) is 3.45. The number of carbonyl (C=O) groups is 3. The number of piperazine rings is 1. The van der Waals surface area contributed by atoms with Crippen LogP contribution in [0, 0.1) is 19.7 Å². The highest BCUT2D eigenvalue weighted by molar-refractivity contribution is 6.34. The predicted octanol–water partition coefficient (Wildman–Crippen LogP) is 1.52. The number of aromatic nitrogens is 1. The van der Waals surface area contributed by atoms with Gasteiger partial charge in [0, 0.05) is 55.4 Å². The third-order valence-electron chi connectivity index (χ3n) is 6.52. The van der Waals surface area contributed by atoms with Gasteiger partial charge in [0.2, 0.25) is 5.91 Å². The minimum Gasteiger partial charge on any atom is -0.391 e. The Morgan fingerprint density at radius 2 is 1.94 bits per heavy atom. The number of aliphatic hydroxyl groups excluding tert-OH is 1. The SMILES string of the molecule is Cc1[nH]c(C=C2C(=O)Nc3ccc(F)cc32)c(C)c1C(=O)NCC(O)CC(=O)N1CCN(C)CC1. The highest BCUT2D eigenvalue weighted by atomic mass is 19.1. The third-order valence-corrected chi connectivity index (χ3v) is 6.52. The third kappa shape index (κ3) is 5.28. The first kappa shape index (κ1) is 24.6. The van der Waals surface area contributed by atoms with Gasteiger partial charge in [-0.05, 0) is 50.7 Å². The molecule has 1 aromatic carbocycles. The summed E-state index contributed by atoms with van der Waals surface area (Å²) < 4.78 is 13.7. The number of anilines is 1. The number of amides is 3. The van der Waals surface area contributed by atoms with Crippen LogP contribution >= 0.6 is 0 Å². The lowest BCUT2D eigenvalue weighted by Gasteiger charge is -2.32. The van der Waals surface area contributed by atoms with Crippen LogP contribution in [0.1, 0.15) is 39.3 Å². The normalized spacial score (nSPS) is 17.9. The van der Waals surface area contributed by atoms with E-state index >= 15 is 0 Å². The molecule has 1 unspecified atom stereocenters. The van der Waals surface area contributed by atoms with Gasteiger partial charge in [0.25, 0.3) is 11.8 Å². The van der Waals surface area contributed by atoms with E-state index in [9.17, 15) is 23.9 Å². The van der Waals surface area contributed by atoms with E-state index in [1.165, 1.54) is 18.2 Å². The number of H-pyrrole nitrogens is 1. The molecule has 10 heteroatoms. The first-order valence-electron chi connectivity index (χ1n) is 11.6. The van der Waals surface area contributed by atoms with Crippen molar-refractivity contribution < 1.29 is 23.9 Å². The molecule has 0 saturated carbocycles. The number of nitrogens with one attached hydrogen (secondary N) is 3. The molecule has 3 amide bonds. The summed E-state index contributed by atoms with van der Waals surface area (Å²) in [6.45, 7) is 6.27. The molecule has 1 atom stereocenters. The molecular formula is C25H30FN5O4. The summed E-state index contributed by atoms with van der Waals surface area (Å²) in [6, 6.07) is 4.08. The van der Waals surface area contributed by atoms with Crippen molar-refractivity contribution in [3.63, 3.8) is 0 Å². The number of rotatable bonds is 6. The Hall–Kier alpha value is -3.50. The molecule has 0 aliphatic carbocycles. The number of hydrogen-bond donors (Lipinski definition) is 4. The number of fused-ring (bicyclic) bond motifs is 1. The molecule has 2 aliphatic heterocycles. The van der Waals surface area contributed by atoms with Gasteiger partial charge in [-0.25, -0.2) is 4.39 Å². The number of benzene rings is 1. The van der Waals surface area contributed by atoms with Crippen LogP contribution in [0.15, 0.2) is 18.2 Å². The van der Waals surface area contributed by atoms with Gasteiger partial charge in [-0.3, -0.25) is 14.4 Å². The molecule has 1 aromatic heterocycles. The highest BCUT2D eigenvalue weighted by Crippen LogP contribution is 2.34. The first-order chi connectivity index (χ1) is 16.6. The Kier molecular flexibility index (Phi) is 7.04. The van der Waals surface area contributed by atoms with Crippen LogP contribution in [0.4, 0.5) is 10.1 Å². The number of halogens is 1. The second-order valence-electron chi connectivity index (χ2n) is 9.12. The van der Waals surface area contributed by atoms with Crippen molar-refractivity contribution >= 4 is 35.1 Å². The number of aliphatic hydroxyl groups is 1. The van der Waals surface area contributed by atoms with Crippen LogP contribution in [0.25, 0.3) is 11.6 Å². The van der Waals surface area contributed by atoms with Gasteiger partial charge < -0.3 is 30.5 Å². The van der Waals surface area contributed by atoms with Crippen LogP contribution in [-0.2, 0) is 9.59 Å². The zero-order valence-corrected chi connectivity index (χ0v) is 20.1. The lowest BCUT2D eigenvalue weighted by molar-refractivity contribution is -0.134. The summed E-state index contributed by atoms with van der Waals surface area (Å²) in [7, 11) is 2.00. The molecule has 2 aromatic rings. The van der Waals surface area contributed by atoms with Gasteiger partial charge in [-0.15, -0.1) is 0 Å². The number of aryl methyl sites for hydroxylation is 1. The smallest absolute Gasteiger partial charge is 0.256 e. The molecule has 1 fully saturated rings. The molecule has 4 rings (SSSR count). The van der Waals surface area contributed by atoms with Crippen LogP contribution in [-0.4, -0.2) is 83.5 Å². The van der Waals surface area contributed by atoms with Gasteiger partial charge in [-0.2, -0.15) is 0 Å². The zero-order valence-electron chi connectivity index (χ0n) is 20.1. The van der Waals surface area contributed by atoms with E-state index in [1.54, 1.807) is 24.8 Å². The maximum Gasteiger partial charge on any atom is 0.256 e. The second kappa shape index (κ2) is 10.0. The van der Waals surface area contributed by atoms with Crippen LogP contribution in [0.2, 0.25) is 0 Å². The number of carbonyl (C=O) groups excluding carboxylic acids is 3. The lowest BCUT2D eigenvalue weighted by Crippen LogP contribution is -2.48. The Morgan fingerprint density at radius 3 is 2.66 bits per heavy atom. The fraction of sp³-hybridized carbons (Fsp3) is 0.400. The molecule has 186 valence electrons. The molecule has 0 spiro atoms. The number of aromatic amines is 1. The zero-order chi connectivity index (χ0) is 25.3. The van der Waals surface area contributed by atoms with Crippen molar-refractivity contribution in [2.24, 2.45) is 0 Å². The molecule has 3 heterocycles. The topological polar surface area (TPSA) is 118 Å². The van der Waals surface area contributed by atoms with Crippen LogP contribution < -0.4 is 10.6 Å². The second-order valence-corrected chi connectivity index (χ2v) is 9.12. The van der Waals surface area contributed by atoms with Crippen molar-refractivity contribution in [1.29, 1.82) is 0 Å². The highest BCUT2D eigenvalue weighted by Gasteiger charge is 2.27. The Morgan fingerprint density at radius 1 is 1.23 bits per heavy atom. The average molecular weight is 484 g/mol. The molecule has 2 aliphatic rings. The van der Waals surface area contributed by atoms with Crippen molar-refractivity contribution in [3.8, 4) is 0 Å². The van der Waals surface area contributed by atoms with E-state index in [1.807, 2.05) is 7.05 Å². The van der Waals surface area contributed by atoms with Gasteiger partial charge in [0.15, 0.2) is 0 Å². The summed E-state index contributed by atoms with van der Waals surface area (Å²) >= 11 is 0. The molecule has 35 heavy (non-hydrogen) atoms. The fourth-order valence-electron chi connectivity index (χ4n) is 4.46. The summed E-state index contributed by atoms with van der Waals surface area (Å²) in [6.07, 6.45) is 0.543. The maximum absolute atomic E-state index is 13.7. The minimum atomic E-state index is -0.999. The Balaban J connectivity index is 1.41. The first-order valence-corrected chi connectivity index (χ1v) is 11.6. The van der Waals surface area contributed by atoms with E-state index in [-0.39, 0.29) is 24.8 Å². The lowest BCUT2D eigenvalue weighted by atomic mass is 10.0. The minimum absolute atomic E-state index is 0.0580. The number of likely N-dealkylation sites (N-methyl/N-ethyl adjacent to an activating group) is 1. The van der Waals surface area contributed by atoms with E-state index in [2.05, 4.69) is 20.5 Å². The van der Waals surface area contributed by atoms with Gasteiger partial charge in [0.1, 0.15) is 5.82 Å². The van der Waals surface area contributed by atoms with Gasteiger partial charge >= 0.3 is 0 Å². The van der Waals surface area contributed by atoms with Gasteiger partial charge in [0.05, 0.1) is 23.7 Å². The van der Waals surface area contributed by atoms with E-state index in [0.717, 1.165) is 13.1 Å². The fourth-order valence-corrected chi connectivity index (χ4v) is 4.46. The Labute approximate surface area is 203 Å². The largest absolute Gasteiger partial charge is 0.391 e. The van der Waals surface area contributed by atoms with Crippen molar-refractivity contribution in [2.75, 3.05) is 45.1 Å². The van der Waals surface area contributed by atoms with E-state index in [4.69, 9.17) is 0 Å². The van der Waals surface area contributed by atoms with Crippen molar-refractivity contribution in [2.45, 2.75) is 26.4 Å². The summed E-state index contributed by atoms with van der Waals surface area (Å²) in [5.74, 6) is -1.32. The summed E-state index contributed by atoms with van der Waals surface area (Å²) in [4.78, 5) is 44.7. The van der Waals surface area contributed by atoms with Crippen molar-refractivity contribution in [1.82, 2.24) is 20.1 Å². The standard InChI is InChI=1S/C25H30FN5O4/c1-14-21(12-19-18-10-16(26)4-5-20(18)29-24(19)34)28-15(2)23(14)25(35)27-13-17(32)11-22(33)31-8-6-30(3)7-9-31/h4-5,10,12,17,28,32H,6-9,11,13H2,1-3H3,(H,27,35)(H,29,34). The maximum atomic E-state index is 13.7. The molecule has 0 radical (unpaired) electrons. The van der Waals surface area contributed by atoms with Crippen LogP contribution in [0.5, 0.6) is 0 Å². The van der Waals surface area contributed by atoms with E-state index < -0.39 is 17.8 Å². The number of nitrogens with zero attached hydrogens (tertiary/aromatic N) is 2. The molecule has 4 N–H and O–H groups in total.